The summed E-state index contributed by atoms with van der Waals surface area (Å²) in [6.45, 7) is 10.4. The van der Waals surface area contributed by atoms with Crippen molar-refractivity contribution < 1.29 is 13.2 Å². The number of carbonyl (C=O) groups is 1. The van der Waals surface area contributed by atoms with E-state index in [0.29, 0.717) is 18.7 Å². The molecule has 0 aromatic heterocycles. The van der Waals surface area contributed by atoms with E-state index in [2.05, 4.69) is 10.0 Å². The highest BCUT2D eigenvalue weighted by atomic mass is 35.5. The van der Waals surface area contributed by atoms with Crippen molar-refractivity contribution in [1.82, 2.24) is 10.0 Å². The maximum atomic E-state index is 12.4. The van der Waals surface area contributed by atoms with E-state index in [0.717, 1.165) is 0 Å². The first-order valence-electron chi connectivity index (χ1n) is 8.14. The third kappa shape index (κ3) is 6.58. The molecule has 0 aliphatic carbocycles. The lowest BCUT2D eigenvalue weighted by Crippen LogP contribution is -2.55. The minimum absolute atomic E-state index is 0. The number of nitrogens with one attached hydrogen (secondary N) is 2. The number of carbonyl (C=O) groups excluding carboxylic acids is 1. The Bertz CT molecular complexity index is 660. The highest BCUT2D eigenvalue weighted by Crippen LogP contribution is 2.17. The smallest absolute Gasteiger partial charge is 0.251 e. The maximum absolute atomic E-state index is 12.4. The van der Waals surface area contributed by atoms with Crippen molar-refractivity contribution in [3.8, 4) is 0 Å². The van der Waals surface area contributed by atoms with Crippen molar-refractivity contribution in [2.75, 3.05) is 13.1 Å². The van der Waals surface area contributed by atoms with Crippen LogP contribution in [0.4, 0.5) is 0 Å². The standard InChI is InChI=1S/C17H29N3O3S.ClH/c1-12(2)10-19-24(22,23)15-8-6-14(7-9-15)16(21)20-17(5,11-18)13(3)4;/h6-9,12-13,19H,10-11,18H2,1-5H3,(H,20,21);1H. The van der Waals surface area contributed by atoms with E-state index in [9.17, 15) is 13.2 Å². The lowest BCUT2D eigenvalue weighted by molar-refractivity contribution is 0.0883. The van der Waals surface area contributed by atoms with Crippen LogP contribution in [-0.2, 0) is 10.0 Å². The maximum Gasteiger partial charge on any atom is 0.251 e. The zero-order valence-corrected chi connectivity index (χ0v) is 17.1. The van der Waals surface area contributed by atoms with E-state index in [1.54, 1.807) is 0 Å². The molecule has 8 heteroatoms. The first-order valence-corrected chi connectivity index (χ1v) is 9.62. The van der Waals surface area contributed by atoms with Gasteiger partial charge in [0.15, 0.2) is 0 Å². The second kappa shape index (κ2) is 9.52. The van der Waals surface area contributed by atoms with Gasteiger partial charge in [-0.15, -0.1) is 12.4 Å². The Kier molecular flexibility index (Phi) is 9.08. The van der Waals surface area contributed by atoms with Gasteiger partial charge in [-0.05, 0) is 43.0 Å². The van der Waals surface area contributed by atoms with Gasteiger partial charge in [0.25, 0.3) is 5.91 Å². The Labute approximate surface area is 157 Å². The van der Waals surface area contributed by atoms with Crippen LogP contribution in [0.15, 0.2) is 29.2 Å². The van der Waals surface area contributed by atoms with E-state index in [1.165, 1.54) is 24.3 Å². The zero-order chi connectivity index (χ0) is 18.5. The van der Waals surface area contributed by atoms with Crippen LogP contribution >= 0.6 is 12.4 Å². The van der Waals surface area contributed by atoms with Gasteiger partial charge in [0, 0.05) is 18.7 Å². The average molecular weight is 392 g/mol. The third-order valence-corrected chi connectivity index (χ3v) is 5.65. The molecule has 1 rings (SSSR count). The number of nitrogens with two attached hydrogens (primary N) is 1. The van der Waals surface area contributed by atoms with Gasteiger partial charge >= 0.3 is 0 Å². The molecular formula is C17H30ClN3O3S. The number of halogens is 1. The van der Waals surface area contributed by atoms with Crippen LogP contribution in [0.2, 0.25) is 0 Å². The van der Waals surface area contributed by atoms with Gasteiger partial charge in [0.05, 0.1) is 10.4 Å². The van der Waals surface area contributed by atoms with Crippen LogP contribution in [0.1, 0.15) is 45.0 Å². The predicted octanol–water partition coefficient (Wildman–Crippen LogP) is 2.15. The fraction of sp³-hybridized carbons (Fsp3) is 0.588. The average Bonchev–Trinajstić information content (AvgIpc) is 2.52. The SMILES string of the molecule is CC(C)CNS(=O)(=O)c1ccc(C(=O)NC(C)(CN)C(C)C)cc1.Cl. The second-order valence-corrected chi connectivity index (χ2v) is 8.77. The van der Waals surface area contributed by atoms with Crippen LogP contribution in [0.3, 0.4) is 0 Å². The molecule has 1 unspecified atom stereocenters. The molecule has 6 nitrogen and oxygen atoms in total. The minimum Gasteiger partial charge on any atom is -0.345 e. The van der Waals surface area contributed by atoms with E-state index in [-0.39, 0.29) is 35.0 Å². The van der Waals surface area contributed by atoms with Crippen LogP contribution in [0, 0.1) is 11.8 Å². The summed E-state index contributed by atoms with van der Waals surface area (Å²) in [6, 6.07) is 5.90. The van der Waals surface area contributed by atoms with Crippen LogP contribution in [0.25, 0.3) is 0 Å². The van der Waals surface area contributed by atoms with Gasteiger partial charge < -0.3 is 11.1 Å². The second-order valence-electron chi connectivity index (χ2n) is 7.00. The monoisotopic (exact) mass is 391 g/mol. The third-order valence-electron chi connectivity index (χ3n) is 4.21. The van der Waals surface area contributed by atoms with E-state index in [1.807, 2.05) is 34.6 Å². The Morgan fingerprint density at radius 1 is 1.16 bits per heavy atom. The van der Waals surface area contributed by atoms with Crippen molar-refractivity contribution in [2.24, 2.45) is 17.6 Å². The summed E-state index contributed by atoms with van der Waals surface area (Å²) >= 11 is 0. The molecule has 0 heterocycles. The van der Waals surface area contributed by atoms with Gasteiger partial charge in [-0.25, -0.2) is 13.1 Å². The van der Waals surface area contributed by atoms with Crippen molar-refractivity contribution in [3.63, 3.8) is 0 Å². The van der Waals surface area contributed by atoms with Gasteiger partial charge in [-0.2, -0.15) is 0 Å². The Morgan fingerprint density at radius 2 is 1.68 bits per heavy atom. The molecular weight excluding hydrogens is 362 g/mol. The van der Waals surface area contributed by atoms with Crippen molar-refractivity contribution >= 4 is 28.3 Å². The largest absolute Gasteiger partial charge is 0.345 e. The van der Waals surface area contributed by atoms with Gasteiger partial charge in [0.1, 0.15) is 0 Å². The molecule has 0 bridgehead atoms. The van der Waals surface area contributed by atoms with Crippen LogP contribution < -0.4 is 15.8 Å². The summed E-state index contributed by atoms with van der Waals surface area (Å²) in [5, 5.41) is 2.93. The molecule has 0 fully saturated rings. The van der Waals surface area contributed by atoms with Gasteiger partial charge in [0.2, 0.25) is 10.0 Å². The van der Waals surface area contributed by atoms with Crippen molar-refractivity contribution in [2.45, 2.75) is 45.1 Å². The van der Waals surface area contributed by atoms with Crippen LogP contribution in [-0.4, -0.2) is 33.0 Å². The fourth-order valence-electron chi connectivity index (χ4n) is 1.91. The topological polar surface area (TPSA) is 101 Å². The minimum atomic E-state index is -3.55. The van der Waals surface area contributed by atoms with E-state index >= 15 is 0 Å². The lowest BCUT2D eigenvalue weighted by Gasteiger charge is -2.33. The van der Waals surface area contributed by atoms with Crippen molar-refractivity contribution in [1.29, 1.82) is 0 Å². The van der Waals surface area contributed by atoms with Gasteiger partial charge in [-0.3, -0.25) is 4.79 Å². The molecule has 144 valence electrons. The molecule has 0 aliphatic heterocycles. The lowest BCUT2D eigenvalue weighted by atomic mass is 9.88. The number of rotatable bonds is 8. The summed E-state index contributed by atoms with van der Waals surface area (Å²) in [6.07, 6.45) is 0. The quantitative estimate of drug-likeness (QED) is 0.631. The molecule has 1 aromatic rings. The molecule has 1 aromatic carbocycles. The zero-order valence-electron chi connectivity index (χ0n) is 15.5. The number of benzene rings is 1. The summed E-state index contributed by atoms with van der Waals surface area (Å²) in [4.78, 5) is 12.5. The predicted molar refractivity (Wildman–Crippen MR) is 103 cm³/mol. The molecule has 0 saturated heterocycles. The Morgan fingerprint density at radius 3 is 2.08 bits per heavy atom. The summed E-state index contributed by atoms with van der Waals surface area (Å²) in [7, 11) is -3.55. The van der Waals surface area contributed by atoms with E-state index < -0.39 is 15.6 Å². The van der Waals surface area contributed by atoms with E-state index in [4.69, 9.17) is 5.73 Å². The Balaban J connectivity index is 0.00000576. The molecule has 0 aliphatic rings. The van der Waals surface area contributed by atoms with Gasteiger partial charge in [-0.1, -0.05) is 27.7 Å². The number of hydrogen-bond donors (Lipinski definition) is 3. The van der Waals surface area contributed by atoms with Crippen molar-refractivity contribution in [3.05, 3.63) is 29.8 Å². The molecule has 25 heavy (non-hydrogen) atoms. The first-order chi connectivity index (χ1) is 11.0. The molecule has 1 atom stereocenters. The summed E-state index contributed by atoms with van der Waals surface area (Å²) < 4.78 is 26.8. The number of amides is 1. The van der Waals surface area contributed by atoms with Crippen LogP contribution in [0.5, 0.6) is 0 Å². The highest BCUT2D eigenvalue weighted by molar-refractivity contribution is 7.89. The fourth-order valence-corrected chi connectivity index (χ4v) is 3.12. The highest BCUT2D eigenvalue weighted by Gasteiger charge is 2.29. The number of sulfonamides is 1. The molecule has 0 saturated carbocycles. The molecule has 4 N–H and O–H groups in total. The molecule has 1 amide bonds. The summed E-state index contributed by atoms with van der Waals surface area (Å²) in [5.41, 5.74) is 5.66. The Hall–Kier alpha value is -1.15. The number of hydrogen-bond acceptors (Lipinski definition) is 4. The summed E-state index contributed by atoms with van der Waals surface area (Å²) in [5.74, 6) is 0.122. The first kappa shape index (κ1) is 23.9. The molecule has 0 spiro atoms. The normalized spacial score (nSPS) is 14.1. The molecule has 0 radical (unpaired) electrons.